The molecule has 3 atom stereocenters. The second-order valence-corrected chi connectivity index (χ2v) is 11.3. The standard InChI is InChI=1S/C30H29FN6O4/c31-22-10-18(13-32)4-5-19(22)17-41-27-3-1-2-25(35-27)30-7-8-36(14-20(30)12-30)16-26-33-23-11-24(29(38)39)34-28(23)37(26)15-21-6-9-40-21/h1-5,10-11,20-21,34H,6-9,12,14-17H2,(H,38,39)/t20-,21-,30+/m0/s1. The van der Waals surface area contributed by atoms with Crippen LogP contribution in [0.5, 0.6) is 5.88 Å². The molecule has 3 aromatic heterocycles. The van der Waals surface area contributed by atoms with Crippen molar-refractivity contribution in [3.05, 3.63) is 76.6 Å². The Bertz CT molecular complexity index is 1690. The number of carboxylic acids is 1. The van der Waals surface area contributed by atoms with E-state index >= 15 is 0 Å². The molecule has 3 fully saturated rings. The van der Waals surface area contributed by atoms with Gasteiger partial charge in [0.25, 0.3) is 0 Å². The Labute approximate surface area is 235 Å². The number of benzene rings is 1. The van der Waals surface area contributed by atoms with E-state index in [-0.39, 0.29) is 29.4 Å². The number of pyridine rings is 1. The number of fused-ring (bicyclic) bond motifs is 2. The summed E-state index contributed by atoms with van der Waals surface area (Å²) in [6.45, 7) is 3.93. The van der Waals surface area contributed by atoms with Crippen LogP contribution < -0.4 is 4.74 Å². The molecule has 0 amide bonds. The van der Waals surface area contributed by atoms with Gasteiger partial charge in [-0.3, -0.25) is 4.90 Å². The van der Waals surface area contributed by atoms with E-state index in [0.717, 1.165) is 56.1 Å². The molecular formula is C30H29FN6O4. The third-order valence-corrected chi connectivity index (χ3v) is 8.76. The molecule has 4 aromatic rings. The molecule has 3 aliphatic rings. The van der Waals surface area contributed by atoms with E-state index in [1.165, 1.54) is 6.07 Å². The topological polar surface area (TPSA) is 129 Å². The number of ether oxygens (including phenoxy) is 2. The summed E-state index contributed by atoms with van der Waals surface area (Å²) in [5.41, 5.74) is 3.22. The maximum atomic E-state index is 14.3. The number of H-pyrrole nitrogens is 1. The second-order valence-electron chi connectivity index (χ2n) is 11.3. The Balaban J connectivity index is 1.03. The van der Waals surface area contributed by atoms with Crippen LogP contribution in [0.1, 0.15) is 52.4 Å². The van der Waals surface area contributed by atoms with Gasteiger partial charge in [-0.05, 0) is 56.0 Å². The molecule has 10 nitrogen and oxygen atoms in total. The summed E-state index contributed by atoms with van der Waals surface area (Å²) in [4.78, 5) is 26.5. The maximum Gasteiger partial charge on any atom is 0.352 e. The minimum Gasteiger partial charge on any atom is -0.477 e. The number of likely N-dealkylation sites (tertiary alicyclic amines) is 1. The van der Waals surface area contributed by atoms with Gasteiger partial charge in [-0.15, -0.1) is 0 Å². The SMILES string of the molecule is N#Cc1ccc(COc2cccc([C@@]34CCN(Cc5nc6cc(C(=O)O)[nH]c6n5C[C@@H]5CCO5)C[C@@H]3C4)n2)c(F)c1. The molecule has 2 N–H and O–H groups in total. The molecule has 0 unspecified atom stereocenters. The average Bonchev–Trinajstić information content (AvgIpc) is 3.40. The van der Waals surface area contributed by atoms with Crippen molar-refractivity contribution in [1.29, 1.82) is 5.26 Å². The first kappa shape index (κ1) is 25.7. The second kappa shape index (κ2) is 9.98. The van der Waals surface area contributed by atoms with Crippen LogP contribution in [0.2, 0.25) is 0 Å². The number of aromatic amines is 1. The highest BCUT2D eigenvalue weighted by Gasteiger charge is 2.58. The molecule has 2 aliphatic heterocycles. The van der Waals surface area contributed by atoms with Crippen molar-refractivity contribution >= 4 is 17.1 Å². The van der Waals surface area contributed by atoms with Crippen molar-refractivity contribution in [2.45, 2.75) is 50.5 Å². The van der Waals surface area contributed by atoms with Gasteiger partial charge in [-0.2, -0.15) is 5.26 Å². The van der Waals surface area contributed by atoms with E-state index in [9.17, 15) is 14.3 Å². The van der Waals surface area contributed by atoms with Crippen LogP contribution in [0.3, 0.4) is 0 Å². The lowest BCUT2D eigenvalue weighted by Crippen LogP contribution is -2.37. The lowest BCUT2D eigenvalue weighted by atomic mass is 9.91. The number of halogens is 1. The number of aromatic carboxylic acids is 1. The van der Waals surface area contributed by atoms with Crippen LogP contribution in [0, 0.1) is 23.1 Å². The highest BCUT2D eigenvalue weighted by molar-refractivity contribution is 5.91. The minimum absolute atomic E-state index is 0.0210. The summed E-state index contributed by atoms with van der Waals surface area (Å²) in [7, 11) is 0. The predicted molar refractivity (Wildman–Crippen MR) is 145 cm³/mol. The number of hydrogen-bond donors (Lipinski definition) is 2. The van der Waals surface area contributed by atoms with Gasteiger partial charge >= 0.3 is 5.97 Å². The molecule has 1 saturated carbocycles. The fraction of sp³-hybridized carbons (Fsp3) is 0.400. The number of rotatable bonds is 9. The number of nitrogens with zero attached hydrogens (tertiary/aromatic N) is 5. The number of hydrogen-bond acceptors (Lipinski definition) is 7. The molecule has 0 radical (unpaired) electrons. The average molecular weight is 557 g/mol. The summed E-state index contributed by atoms with van der Waals surface area (Å²) in [5.74, 6) is 0.382. The highest BCUT2D eigenvalue weighted by Crippen LogP contribution is 2.58. The Hall–Kier alpha value is -4.27. The van der Waals surface area contributed by atoms with Crippen molar-refractivity contribution in [2.75, 3.05) is 19.7 Å². The molecule has 41 heavy (non-hydrogen) atoms. The first-order chi connectivity index (χ1) is 19.9. The van der Waals surface area contributed by atoms with E-state index < -0.39 is 11.8 Å². The monoisotopic (exact) mass is 556 g/mol. The largest absolute Gasteiger partial charge is 0.477 e. The number of carboxylic acid groups (broad SMARTS) is 1. The van der Waals surface area contributed by atoms with Crippen LogP contribution in [0.25, 0.3) is 11.2 Å². The molecule has 1 aliphatic carbocycles. The first-order valence-electron chi connectivity index (χ1n) is 13.9. The molecule has 5 heterocycles. The minimum atomic E-state index is -0.999. The number of piperidine rings is 1. The van der Waals surface area contributed by atoms with Crippen LogP contribution in [-0.2, 0) is 29.8 Å². The Morgan fingerprint density at radius 3 is 2.90 bits per heavy atom. The van der Waals surface area contributed by atoms with Crippen LogP contribution in [0.15, 0.2) is 42.5 Å². The van der Waals surface area contributed by atoms with Gasteiger partial charge in [0.05, 0.1) is 36.5 Å². The summed E-state index contributed by atoms with van der Waals surface area (Å²) >= 11 is 0. The third kappa shape index (κ3) is 4.73. The van der Waals surface area contributed by atoms with Crippen LogP contribution in [-0.4, -0.2) is 61.3 Å². The highest BCUT2D eigenvalue weighted by atomic mass is 19.1. The van der Waals surface area contributed by atoms with Gasteiger partial charge in [-0.1, -0.05) is 12.1 Å². The quantitative estimate of drug-likeness (QED) is 0.317. The Morgan fingerprint density at radius 2 is 2.17 bits per heavy atom. The summed E-state index contributed by atoms with van der Waals surface area (Å²) < 4.78 is 27.9. The van der Waals surface area contributed by atoms with E-state index in [0.29, 0.717) is 36.0 Å². The van der Waals surface area contributed by atoms with Crippen LogP contribution in [0.4, 0.5) is 4.39 Å². The lowest BCUT2D eigenvalue weighted by Gasteiger charge is -2.32. The molecule has 0 spiro atoms. The third-order valence-electron chi connectivity index (χ3n) is 8.76. The number of aromatic nitrogens is 4. The zero-order chi connectivity index (χ0) is 28.1. The summed E-state index contributed by atoms with van der Waals surface area (Å²) in [6, 6.07) is 13.7. The Kier molecular flexibility index (Phi) is 6.25. The van der Waals surface area contributed by atoms with Gasteiger partial charge < -0.3 is 24.1 Å². The van der Waals surface area contributed by atoms with Gasteiger partial charge in [-0.25, -0.2) is 19.2 Å². The smallest absolute Gasteiger partial charge is 0.352 e. The molecule has 1 aromatic carbocycles. The van der Waals surface area contributed by atoms with Gasteiger partial charge in [0.2, 0.25) is 5.88 Å². The zero-order valence-corrected chi connectivity index (χ0v) is 22.3. The van der Waals surface area contributed by atoms with Gasteiger partial charge in [0.1, 0.15) is 35.1 Å². The molecule has 2 saturated heterocycles. The van der Waals surface area contributed by atoms with Crippen LogP contribution >= 0.6 is 0 Å². The van der Waals surface area contributed by atoms with Crippen molar-refractivity contribution in [3.8, 4) is 11.9 Å². The van der Waals surface area contributed by atoms with Gasteiger partial charge in [0.15, 0.2) is 0 Å². The van der Waals surface area contributed by atoms with Gasteiger partial charge in [0, 0.05) is 30.2 Å². The lowest BCUT2D eigenvalue weighted by molar-refractivity contribution is -0.0593. The van der Waals surface area contributed by atoms with Crippen molar-refractivity contribution in [3.63, 3.8) is 0 Å². The molecule has 11 heteroatoms. The Morgan fingerprint density at radius 1 is 1.29 bits per heavy atom. The normalized spacial score (nSPS) is 23.5. The number of nitrogens with one attached hydrogen (secondary N) is 1. The number of nitriles is 1. The van der Waals surface area contributed by atoms with E-state index in [1.807, 2.05) is 12.1 Å². The summed E-state index contributed by atoms with van der Waals surface area (Å²) in [5, 5.41) is 18.4. The first-order valence-corrected chi connectivity index (χ1v) is 13.9. The number of imidazole rings is 1. The number of carbonyl (C=O) groups is 1. The van der Waals surface area contributed by atoms with E-state index in [2.05, 4.69) is 20.5 Å². The van der Waals surface area contributed by atoms with Crippen molar-refractivity contribution in [2.24, 2.45) is 5.92 Å². The fourth-order valence-corrected chi connectivity index (χ4v) is 6.25. The molecule has 0 bridgehead atoms. The maximum absolute atomic E-state index is 14.3. The molecular weight excluding hydrogens is 527 g/mol. The molecule has 7 rings (SSSR count). The zero-order valence-electron chi connectivity index (χ0n) is 22.3. The van der Waals surface area contributed by atoms with Crippen molar-refractivity contribution < 1.29 is 23.8 Å². The van der Waals surface area contributed by atoms with E-state index in [1.54, 1.807) is 24.3 Å². The predicted octanol–water partition coefficient (Wildman–Crippen LogP) is 4.00. The fourth-order valence-electron chi connectivity index (χ4n) is 6.25. The molecule has 210 valence electrons. The summed E-state index contributed by atoms with van der Waals surface area (Å²) in [6.07, 6.45) is 3.12. The van der Waals surface area contributed by atoms with Crippen molar-refractivity contribution in [1.82, 2.24) is 24.4 Å². The van der Waals surface area contributed by atoms with E-state index in [4.69, 9.17) is 24.7 Å².